The molecule has 0 spiro atoms. The van der Waals surface area contributed by atoms with Crippen molar-refractivity contribution in [1.29, 1.82) is 0 Å². The number of aryl methyl sites for hydroxylation is 1. The first-order valence-electron chi connectivity index (χ1n) is 10.5. The zero-order valence-corrected chi connectivity index (χ0v) is 17.9. The minimum absolute atomic E-state index is 0.0130. The molecule has 1 aliphatic rings. The first kappa shape index (κ1) is 21.2. The Morgan fingerprint density at radius 2 is 1.72 bits per heavy atom. The number of nitrogens with zero attached hydrogens (tertiary/aromatic N) is 5. The summed E-state index contributed by atoms with van der Waals surface area (Å²) in [6, 6.07) is 16.5. The van der Waals surface area contributed by atoms with Gasteiger partial charge in [-0.3, -0.25) is 9.59 Å². The molecular weight excluding hydrogens is 406 g/mol. The summed E-state index contributed by atoms with van der Waals surface area (Å²) in [5.74, 6) is 1.76. The number of nitrogens with one attached hydrogen (secondary N) is 2. The van der Waals surface area contributed by atoms with E-state index in [4.69, 9.17) is 0 Å². The molecule has 1 aromatic carbocycles. The summed E-state index contributed by atoms with van der Waals surface area (Å²) in [5.41, 5.74) is 1.65. The largest absolute Gasteiger partial charge is 0.352 e. The molecule has 2 N–H and O–H groups in total. The van der Waals surface area contributed by atoms with Gasteiger partial charge in [-0.2, -0.15) is 0 Å². The highest BCUT2D eigenvalue weighted by atomic mass is 16.2. The van der Waals surface area contributed by atoms with Crippen LogP contribution in [-0.2, 0) is 4.79 Å². The zero-order valence-electron chi connectivity index (χ0n) is 17.9. The summed E-state index contributed by atoms with van der Waals surface area (Å²) in [5, 5.41) is 14.4. The molecule has 32 heavy (non-hydrogen) atoms. The number of piperazine rings is 1. The second kappa shape index (κ2) is 9.86. The van der Waals surface area contributed by atoms with Gasteiger partial charge in [-0.05, 0) is 48.9 Å². The molecule has 0 radical (unpaired) electrons. The Labute approximate surface area is 186 Å². The summed E-state index contributed by atoms with van der Waals surface area (Å²) >= 11 is 0. The fourth-order valence-electron chi connectivity index (χ4n) is 3.44. The van der Waals surface area contributed by atoms with E-state index in [1.165, 1.54) is 0 Å². The highest BCUT2D eigenvalue weighted by molar-refractivity contribution is 5.96. The molecule has 1 saturated heterocycles. The van der Waals surface area contributed by atoms with Gasteiger partial charge >= 0.3 is 0 Å². The smallest absolute Gasteiger partial charge is 0.251 e. The van der Waals surface area contributed by atoms with Crippen LogP contribution in [0.15, 0.2) is 60.8 Å². The summed E-state index contributed by atoms with van der Waals surface area (Å²) in [4.78, 5) is 32.7. The molecule has 2 aromatic heterocycles. The van der Waals surface area contributed by atoms with Crippen LogP contribution in [0.3, 0.4) is 0 Å². The van der Waals surface area contributed by atoms with Gasteiger partial charge in [-0.25, -0.2) is 4.98 Å². The number of benzene rings is 1. The minimum Gasteiger partial charge on any atom is -0.352 e. The van der Waals surface area contributed by atoms with Crippen molar-refractivity contribution in [2.45, 2.75) is 6.92 Å². The summed E-state index contributed by atoms with van der Waals surface area (Å²) in [6.45, 7) is 4.42. The van der Waals surface area contributed by atoms with Gasteiger partial charge in [0.05, 0.1) is 6.54 Å². The highest BCUT2D eigenvalue weighted by Crippen LogP contribution is 2.17. The Balaban J connectivity index is 1.25. The predicted molar refractivity (Wildman–Crippen MR) is 122 cm³/mol. The third kappa shape index (κ3) is 5.37. The van der Waals surface area contributed by atoms with E-state index >= 15 is 0 Å². The Morgan fingerprint density at radius 3 is 2.41 bits per heavy atom. The zero-order chi connectivity index (χ0) is 22.3. The average molecular weight is 432 g/mol. The van der Waals surface area contributed by atoms with E-state index in [0.717, 1.165) is 17.2 Å². The summed E-state index contributed by atoms with van der Waals surface area (Å²) in [7, 11) is 0. The van der Waals surface area contributed by atoms with Crippen molar-refractivity contribution >= 4 is 29.3 Å². The van der Waals surface area contributed by atoms with E-state index < -0.39 is 0 Å². The molecule has 9 nitrogen and oxygen atoms in total. The van der Waals surface area contributed by atoms with E-state index in [1.54, 1.807) is 35.4 Å². The summed E-state index contributed by atoms with van der Waals surface area (Å²) in [6.07, 6.45) is 1.74. The van der Waals surface area contributed by atoms with Gasteiger partial charge in [0.15, 0.2) is 11.6 Å². The third-order valence-corrected chi connectivity index (χ3v) is 5.21. The number of carbonyl (C=O) groups excluding carboxylic acids is 2. The normalized spacial score (nSPS) is 13.5. The maximum atomic E-state index is 12.5. The Hall–Kier alpha value is -4.01. The first-order valence-corrected chi connectivity index (χ1v) is 10.5. The summed E-state index contributed by atoms with van der Waals surface area (Å²) < 4.78 is 0. The third-order valence-electron chi connectivity index (χ3n) is 5.21. The lowest BCUT2D eigenvalue weighted by Crippen LogP contribution is -2.51. The SMILES string of the molecule is Cc1ccnc(Nc2ccc(N3CCN(C(=O)CNC(=O)c4ccccc4)CC3)nn2)c1. The number of rotatable bonds is 6. The van der Waals surface area contributed by atoms with Crippen LogP contribution in [0.4, 0.5) is 17.5 Å². The lowest BCUT2D eigenvalue weighted by molar-refractivity contribution is -0.130. The first-order chi connectivity index (χ1) is 15.6. The number of aromatic nitrogens is 3. The number of pyridine rings is 1. The van der Waals surface area contributed by atoms with E-state index in [2.05, 4.69) is 30.7 Å². The molecule has 0 unspecified atom stereocenters. The minimum atomic E-state index is -0.248. The lowest BCUT2D eigenvalue weighted by Gasteiger charge is -2.35. The van der Waals surface area contributed by atoms with Crippen molar-refractivity contribution in [3.63, 3.8) is 0 Å². The molecule has 3 aromatic rings. The molecule has 9 heteroatoms. The Morgan fingerprint density at radius 1 is 0.938 bits per heavy atom. The molecule has 4 rings (SSSR count). The van der Waals surface area contributed by atoms with E-state index in [-0.39, 0.29) is 18.4 Å². The van der Waals surface area contributed by atoms with Gasteiger partial charge in [-0.1, -0.05) is 18.2 Å². The molecule has 0 aliphatic carbocycles. The van der Waals surface area contributed by atoms with Gasteiger partial charge in [0.1, 0.15) is 5.82 Å². The molecular formula is C23H25N7O2. The number of amides is 2. The van der Waals surface area contributed by atoms with E-state index in [0.29, 0.717) is 37.6 Å². The molecule has 164 valence electrons. The number of carbonyl (C=O) groups is 2. The average Bonchev–Trinajstić information content (AvgIpc) is 2.83. The van der Waals surface area contributed by atoms with Crippen molar-refractivity contribution in [1.82, 2.24) is 25.4 Å². The van der Waals surface area contributed by atoms with Gasteiger partial charge in [0.25, 0.3) is 5.91 Å². The number of hydrogen-bond donors (Lipinski definition) is 2. The van der Waals surface area contributed by atoms with Crippen LogP contribution in [0.2, 0.25) is 0 Å². The highest BCUT2D eigenvalue weighted by Gasteiger charge is 2.22. The lowest BCUT2D eigenvalue weighted by atomic mass is 10.2. The number of anilines is 3. The van der Waals surface area contributed by atoms with Crippen LogP contribution in [-0.4, -0.2) is 64.6 Å². The Kier molecular flexibility index (Phi) is 6.54. The van der Waals surface area contributed by atoms with E-state index in [1.807, 2.05) is 37.3 Å². The monoisotopic (exact) mass is 431 g/mol. The predicted octanol–water partition coefficient (Wildman–Crippen LogP) is 2.00. The molecule has 0 bridgehead atoms. The fourth-order valence-corrected chi connectivity index (χ4v) is 3.44. The van der Waals surface area contributed by atoms with Crippen molar-refractivity contribution in [3.05, 3.63) is 71.9 Å². The quantitative estimate of drug-likeness (QED) is 0.615. The van der Waals surface area contributed by atoms with Gasteiger partial charge in [-0.15, -0.1) is 10.2 Å². The van der Waals surface area contributed by atoms with Crippen molar-refractivity contribution < 1.29 is 9.59 Å². The second-order valence-electron chi connectivity index (χ2n) is 7.54. The van der Waals surface area contributed by atoms with Crippen molar-refractivity contribution in [2.75, 3.05) is 42.9 Å². The van der Waals surface area contributed by atoms with Gasteiger partial charge < -0.3 is 20.4 Å². The second-order valence-corrected chi connectivity index (χ2v) is 7.54. The van der Waals surface area contributed by atoms with Crippen molar-refractivity contribution in [3.8, 4) is 0 Å². The van der Waals surface area contributed by atoms with Crippen LogP contribution in [0, 0.1) is 6.92 Å². The van der Waals surface area contributed by atoms with Crippen LogP contribution >= 0.6 is 0 Å². The van der Waals surface area contributed by atoms with Gasteiger partial charge in [0, 0.05) is 37.9 Å². The maximum Gasteiger partial charge on any atom is 0.251 e. The van der Waals surface area contributed by atoms with Crippen LogP contribution in [0.1, 0.15) is 15.9 Å². The maximum absolute atomic E-state index is 12.5. The molecule has 3 heterocycles. The standard InChI is InChI=1S/C23H25N7O2/c1-17-9-10-24-20(15-17)26-19-7-8-21(28-27-19)29-11-13-30(14-12-29)22(31)16-25-23(32)18-5-3-2-4-6-18/h2-10,15H,11-14,16H2,1H3,(H,25,32)(H,24,26,27). The number of hydrogen-bond acceptors (Lipinski definition) is 7. The molecule has 2 amide bonds. The van der Waals surface area contributed by atoms with Crippen LogP contribution in [0.25, 0.3) is 0 Å². The van der Waals surface area contributed by atoms with Crippen LogP contribution < -0.4 is 15.5 Å². The van der Waals surface area contributed by atoms with E-state index in [9.17, 15) is 9.59 Å². The fraction of sp³-hybridized carbons (Fsp3) is 0.261. The topological polar surface area (TPSA) is 103 Å². The molecule has 0 atom stereocenters. The van der Waals surface area contributed by atoms with Crippen molar-refractivity contribution in [2.24, 2.45) is 0 Å². The molecule has 1 aliphatic heterocycles. The molecule has 1 fully saturated rings. The van der Waals surface area contributed by atoms with Gasteiger partial charge in [0.2, 0.25) is 5.91 Å². The Bertz CT molecular complexity index is 1070. The molecule has 0 saturated carbocycles. The van der Waals surface area contributed by atoms with Crippen LogP contribution in [0.5, 0.6) is 0 Å².